The third kappa shape index (κ3) is 3.79. The minimum absolute atomic E-state index is 0.158. The Balaban J connectivity index is 1.41. The molecule has 1 aromatic heterocycles. The average molecular weight is 446 g/mol. The van der Waals surface area contributed by atoms with E-state index in [0.717, 1.165) is 49.8 Å². The summed E-state index contributed by atoms with van der Waals surface area (Å²) >= 11 is 0. The van der Waals surface area contributed by atoms with Crippen molar-refractivity contribution in [2.24, 2.45) is 5.41 Å². The zero-order valence-corrected chi connectivity index (χ0v) is 17.7. The first-order chi connectivity index (χ1) is 15.2. The van der Waals surface area contributed by atoms with Gasteiger partial charge in [0.25, 0.3) is 0 Å². The van der Waals surface area contributed by atoms with Crippen molar-refractivity contribution in [2.45, 2.75) is 31.6 Å². The van der Waals surface area contributed by atoms with Gasteiger partial charge >= 0.3 is 6.18 Å². The number of halogens is 3. The first-order valence-corrected chi connectivity index (χ1v) is 10.7. The van der Waals surface area contributed by atoms with Gasteiger partial charge in [-0.25, -0.2) is 0 Å². The molecule has 0 aliphatic carbocycles. The van der Waals surface area contributed by atoms with Gasteiger partial charge in [-0.15, -0.1) is 0 Å². The van der Waals surface area contributed by atoms with Crippen LogP contribution < -0.4 is 15.1 Å². The second kappa shape index (κ2) is 7.65. The summed E-state index contributed by atoms with van der Waals surface area (Å²) in [5, 5.41) is 2.97. The number of nitrogens with zero attached hydrogens (tertiary/aromatic N) is 3. The number of amides is 1. The van der Waals surface area contributed by atoms with E-state index >= 15 is 0 Å². The predicted molar refractivity (Wildman–Crippen MR) is 113 cm³/mol. The minimum atomic E-state index is -4.46. The maximum Gasteiger partial charge on any atom is 0.417 e. The normalized spacial score (nSPS) is 24.2. The second-order valence-corrected chi connectivity index (χ2v) is 9.10. The maximum atomic E-state index is 13.2. The lowest BCUT2D eigenvalue weighted by atomic mass is 9.77. The van der Waals surface area contributed by atoms with Crippen molar-refractivity contribution in [3.8, 4) is 0 Å². The van der Waals surface area contributed by atoms with Crippen LogP contribution in [0.5, 0.6) is 0 Å². The van der Waals surface area contributed by atoms with Crippen molar-refractivity contribution >= 4 is 17.3 Å². The lowest BCUT2D eigenvalue weighted by molar-refractivity contribution is -0.137. The summed E-state index contributed by atoms with van der Waals surface area (Å²) in [6, 6.07) is 8.77. The number of aromatic nitrogens is 1. The van der Waals surface area contributed by atoms with Crippen LogP contribution in [0.2, 0.25) is 0 Å². The van der Waals surface area contributed by atoms with Crippen molar-refractivity contribution in [1.29, 1.82) is 0 Å². The fourth-order valence-electron chi connectivity index (χ4n) is 5.05. The van der Waals surface area contributed by atoms with Gasteiger partial charge in [0.05, 0.1) is 48.2 Å². The number of carbonyl (C=O) groups excluding carboxylic acids is 1. The van der Waals surface area contributed by atoms with E-state index in [1.165, 1.54) is 13.1 Å². The van der Waals surface area contributed by atoms with Gasteiger partial charge in [0.15, 0.2) is 0 Å². The molecule has 5 rings (SSSR count). The second-order valence-electron chi connectivity index (χ2n) is 9.10. The fourth-order valence-corrected chi connectivity index (χ4v) is 5.05. The summed E-state index contributed by atoms with van der Waals surface area (Å²) in [7, 11) is 0. The molecule has 32 heavy (non-hydrogen) atoms. The van der Waals surface area contributed by atoms with E-state index in [1.807, 2.05) is 29.2 Å². The number of hydrogen-bond acceptors (Lipinski definition) is 5. The Morgan fingerprint density at radius 1 is 1.16 bits per heavy atom. The van der Waals surface area contributed by atoms with Crippen molar-refractivity contribution < 1.29 is 22.7 Å². The van der Waals surface area contributed by atoms with E-state index in [-0.39, 0.29) is 18.0 Å². The molecule has 0 saturated carbocycles. The van der Waals surface area contributed by atoms with Crippen LogP contribution in [0.4, 0.5) is 24.5 Å². The van der Waals surface area contributed by atoms with Gasteiger partial charge in [-0.1, -0.05) is 12.1 Å². The Kier molecular flexibility index (Phi) is 5.03. The van der Waals surface area contributed by atoms with E-state index in [0.29, 0.717) is 24.1 Å². The molecule has 2 atom stereocenters. The highest BCUT2D eigenvalue weighted by Gasteiger charge is 2.49. The Morgan fingerprint density at radius 3 is 2.47 bits per heavy atom. The third-order valence-electron chi connectivity index (χ3n) is 6.64. The number of nitrogens with one attached hydrogen (secondary N) is 1. The molecule has 1 aromatic carbocycles. The molecule has 0 bridgehead atoms. The molecule has 0 radical (unpaired) electrons. The van der Waals surface area contributed by atoms with E-state index in [4.69, 9.17) is 4.74 Å². The highest BCUT2D eigenvalue weighted by atomic mass is 19.4. The summed E-state index contributed by atoms with van der Waals surface area (Å²) < 4.78 is 45.1. The molecular weight excluding hydrogens is 421 g/mol. The first kappa shape index (κ1) is 21.1. The number of carbonyl (C=O) groups is 1. The quantitative estimate of drug-likeness (QED) is 0.780. The van der Waals surface area contributed by atoms with Crippen molar-refractivity contribution in [2.75, 3.05) is 42.6 Å². The molecule has 1 N–H and O–H groups in total. The number of hydrogen-bond donors (Lipinski definition) is 1. The molecule has 3 aliphatic rings. The number of anilines is 2. The number of alkyl halides is 3. The van der Waals surface area contributed by atoms with Gasteiger partial charge in [0, 0.05) is 38.4 Å². The van der Waals surface area contributed by atoms with Crippen LogP contribution in [-0.4, -0.2) is 49.8 Å². The minimum Gasteiger partial charge on any atom is -0.380 e. The maximum absolute atomic E-state index is 13.2. The van der Waals surface area contributed by atoms with Gasteiger partial charge in [0.2, 0.25) is 5.91 Å². The van der Waals surface area contributed by atoms with Crippen molar-refractivity contribution in [1.82, 2.24) is 10.3 Å². The van der Waals surface area contributed by atoms with E-state index < -0.39 is 11.7 Å². The summed E-state index contributed by atoms with van der Waals surface area (Å²) in [5.41, 5.74) is 2.00. The first-order valence-electron chi connectivity index (χ1n) is 10.7. The predicted octanol–water partition coefficient (Wildman–Crippen LogP) is 3.39. The van der Waals surface area contributed by atoms with Crippen LogP contribution in [0, 0.1) is 5.41 Å². The van der Waals surface area contributed by atoms with E-state index in [2.05, 4.69) is 15.2 Å². The zero-order chi connectivity index (χ0) is 22.5. The summed E-state index contributed by atoms with van der Waals surface area (Å²) in [6.07, 6.45) is -1.54. The van der Waals surface area contributed by atoms with Crippen LogP contribution in [0.15, 0.2) is 42.7 Å². The van der Waals surface area contributed by atoms with E-state index in [9.17, 15) is 18.0 Å². The highest BCUT2D eigenvalue weighted by molar-refractivity contribution is 5.73. The molecule has 3 saturated heterocycles. The van der Waals surface area contributed by atoms with Crippen LogP contribution >= 0.6 is 0 Å². The summed E-state index contributed by atoms with van der Waals surface area (Å²) in [4.78, 5) is 19.8. The molecular formula is C23H25F3N4O2. The van der Waals surface area contributed by atoms with E-state index in [1.54, 1.807) is 0 Å². The van der Waals surface area contributed by atoms with Crippen LogP contribution in [0.1, 0.15) is 30.5 Å². The standard InChI is InChI=1S/C23H25F3N4O2/c1-15(31)28-20-6-7-30(19-8-17(9-27-10-19)23(24,25)26)21(20)16-2-4-18(5-3-16)29-11-22(12-29)13-32-14-22/h2-5,8-10,20-21H,6-7,11-14H2,1H3,(H,28,31)/t20-,21-/m1/s1. The number of benzene rings is 1. The molecule has 4 heterocycles. The lowest BCUT2D eigenvalue weighted by Gasteiger charge is -2.56. The SMILES string of the molecule is CC(=O)N[C@@H]1CCN(c2cncc(C(F)(F)F)c2)[C@@H]1c1ccc(N2CC3(COC3)C2)cc1. The molecule has 3 aliphatic heterocycles. The number of rotatable bonds is 4. The molecule has 0 unspecified atom stereocenters. The summed E-state index contributed by atoms with van der Waals surface area (Å²) in [6.45, 7) is 5.58. The zero-order valence-electron chi connectivity index (χ0n) is 17.7. The Morgan fingerprint density at radius 2 is 1.88 bits per heavy atom. The van der Waals surface area contributed by atoms with Gasteiger partial charge < -0.3 is 19.9 Å². The fraction of sp³-hybridized carbons (Fsp3) is 0.478. The van der Waals surface area contributed by atoms with Gasteiger partial charge in [-0.05, 0) is 30.2 Å². The van der Waals surface area contributed by atoms with Crippen LogP contribution in [0.25, 0.3) is 0 Å². The third-order valence-corrected chi connectivity index (χ3v) is 6.64. The number of pyridine rings is 1. The van der Waals surface area contributed by atoms with Gasteiger partial charge in [0.1, 0.15) is 0 Å². The molecule has 6 nitrogen and oxygen atoms in total. The Bertz CT molecular complexity index is 999. The van der Waals surface area contributed by atoms with Crippen molar-refractivity contribution in [3.63, 3.8) is 0 Å². The molecule has 9 heteroatoms. The van der Waals surface area contributed by atoms with Crippen LogP contribution in [0.3, 0.4) is 0 Å². The monoisotopic (exact) mass is 446 g/mol. The molecule has 2 aromatic rings. The topological polar surface area (TPSA) is 57.7 Å². The number of ether oxygens (including phenoxy) is 1. The smallest absolute Gasteiger partial charge is 0.380 e. The van der Waals surface area contributed by atoms with Gasteiger partial charge in [-0.2, -0.15) is 13.2 Å². The lowest BCUT2D eigenvalue weighted by Crippen LogP contribution is -2.66. The van der Waals surface area contributed by atoms with Crippen molar-refractivity contribution in [3.05, 3.63) is 53.9 Å². The molecule has 3 fully saturated rings. The molecule has 170 valence electrons. The average Bonchev–Trinajstić information content (AvgIpc) is 3.08. The molecule has 1 spiro atoms. The molecule has 1 amide bonds. The Labute approximate surface area is 184 Å². The summed E-state index contributed by atoms with van der Waals surface area (Å²) in [5.74, 6) is -0.158. The van der Waals surface area contributed by atoms with Gasteiger partial charge in [-0.3, -0.25) is 9.78 Å². The largest absolute Gasteiger partial charge is 0.417 e. The highest BCUT2D eigenvalue weighted by Crippen LogP contribution is 2.42. The Hall–Kier alpha value is -2.81. The van der Waals surface area contributed by atoms with Crippen LogP contribution in [-0.2, 0) is 15.7 Å².